The van der Waals surface area contributed by atoms with Crippen molar-refractivity contribution in [3.05, 3.63) is 84.0 Å². The van der Waals surface area contributed by atoms with E-state index in [0.29, 0.717) is 24.8 Å². The van der Waals surface area contributed by atoms with Crippen LogP contribution in [-0.2, 0) is 18.9 Å². The van der Waals surface area contributed by atoms with E-state index >= 15 is 0 Å². The summed E-state index contributed by atoms with van der Waals surface area (Å²) in [5.41, 5.74) is 2.18. The van der Waals surface area contributed by atoms with Crippen molar-refractivity contribution < 1.29 is 9.13 Å². The molecule has 4 nitrogen and oxygen atoms in total. The maximum absolute atomic E-state index is 13.4. The van der Waals surface area contributed by atoms with Crippen LogP contribution in [0.5, 0.6) is 5.75 Å². The van der Waals surface area contributed by atoms with Gasteiger partial charge in [-0.15, -0.1) is 16.8 Å². The molecule has 0 N–H and O–H groups in total. The first-order chi connectivity index (χ1) is 13.6. The van der Waals surface area contributed by atoms with Crippen molar-refractivity contribution in [1.29, 1.82) is 0 Å². The molecule has 0 saturated heterocycles. The van der Waals surface area contributed by atoms with Gasteiger partial charge in [-0.25, -0.2) is 4.39 Å². The van der Waals surface area contributed by atoms with E-state index < -0.39 is 0 Å². The lowest BCUT2D eigenvalue weighted by atomic mass is 10.0. The van der Waals surface area contributed by atoms with Crippen LogP contribution in [0.25, 0.3) is 0 Å². The summed E-state index contributed by atoms with van der Waals surface area (Å²) in [5, 5.41) is 9.31. The SMILES string of the molecule is C=CCn1c(COc2ccc(C(C)C)cc2)nnc1SCc1cccc(F)c1. The molecule has 0 aliphatic rings. The Morgan fingerprint density at radius 1 is 1.18 bits per heavy atom. The van der Waals surface area contributed by atoms with Gasteiger partial charge < -0.3 is 4.74 Å². The summed E-state index contributed by atoms with van der Waals surface area (Å²) in [4.78, 5) is 0. The van der Waals surface area contributed by atoms with Crippen molar-refractivity contribution in [3.8, 4) is 5.75 Å². The third-order valence-corrected chi connectivity index (χ3v) is 5.31. The van der Waals surface area contributed by atoms with Gasteiger partial charge in [0.1, 0.15) is 18.2 Å². The van der Waals surface area contributed by atoms with E-state index in [1.165, 1.54) is 29.5 Å². The van der Waals surface area contributed by atoms with Crippen LogP contribution in [0.4, 0.5) is 4.39 Å². The molecule has 3 rings (SSSR count). The fourth-order valence-corrected chi connectivity index (χ4v) is 3.63. The quantitative estimate of drug-likeness (QED) is 0.348. The highest BCUT2D eigenvalue weighted by Crippen LogP contribution is 2.24. The van der Waals surface area contributed by atoms with E-state index in [9.17, 15) is 4.39 Å². The molecule has 1 heterocycles. The van der Waals surface area contributed by atoms with Crippen LogP contribution in [0.15, 0.2) is 66.3 Å². The zero-order valence-electron chi connectivity index (χ0n) is 16.1. The van der Waals surface area contributed by atoms with Crippen molar-refractivity contribution >= 4 is 11.8 Å². The first-order valence-electron chi connectivity index (χ1n) is 9.19. The first-order valence-corrected chi connectivity index (χ1v) is 10.2. The number of hydrogen-bond acceptors (Lipinski definition) is 4. The molecule has 28 heavy (non-hydrogen) atoms. The van der Waals surface area contributed by atoms with Gasteiger partial charge in [0, 0.05) is 12.3 Å². The van der Waals surface area contributed by atoms with Crippen molar-refractivity contribution in [2.45, 2.75) is 43.8 Å². The van der Waals surface area contributed by atoms with Gasteiger partial charge in [-0.1, -0.05) is 56.0 Å². The number of benzene rings is 2. The molecule has 0 amide bonds. The van der Waals surface area contributed by atoms with Gasteiger partial charge in [-0.2, -0.15) is 0 Å². The van der Waals surface area contributed by atoms with Crippen LogP contribution in [0.3, 0.4) is 0 Å². The van der Waals surface area contributed by atoms with Gasteiger partial charge in [0.25, 0.3) is 0 Å². The van der Waals surface area contributed by atoms with Crippen molar-refractivity contribution in [1.82, 2.24) is 14.8 Å². The molecule has 0 fully saturated rings. The van der Waals surface area contributed by atoms with E-state index in [-0.39, 0.29) is 5.82 Å². The van der Waals surface area contributed by atoms with E-state index in [1.807, 2.05) is 22.8 Å². The predicted octanol–water partition coefficient (Wildman–Crippen LogP) is 5.60. The number of nitrogens with zero attached hydrogens (tertiary/aromatic N) is 3. The number of thioether (sulfide) groups is 1. The molecule has 0 aliphatic heterocycles. The Bertz CT molecular complexity index is 922. The summed E-state index contributed by atoms with van der Waals surface area (Å²) < 4.78 is 21.2. The average molecular weight is 398 g/mol. The maximum atomic E-state index is 13.4. The Balaban J connectivity index is 1.66. The number of aromatic nitrogens is 3. The standard InChI is InChI=1S/C22H24FN3OS/c1-4-12-26-21(14-27-20-10-8-18(9-11-20)16(2)3)24-25-22(26)28-15-17-6-5-7-19(23)13-17/h4-11,13,16H,1,12,14-15H2,2-3H3. The largest absolute Gasteiger partial charge is 0.486 e. The molecule has 0 atom stereocenters. The normalized spacial score (nSPS) is 11.0. The number of rotatable bonds is 9. The number of hydrogen-bond donors (Lipinski definition) is 0. The lowest BCUT2D eigenvalue weighted by Crippen LogP contribution is -2.07. The minimum atomic E-state index is -0.233. The molecular formula is C22H24FN3OS. The minimum absolute atomic E-state index is 0.233. The maximum Gasteiger partial charge on any atom is 0.191 e. The highest BCUT2D eigenvalue weighted by Gasteiger charge is 2.13. The molecule has 146 valence electrons. The van der Waals surface area contributed by atoms with Crippen LogP contribution in [0.1, 0.15) is 36.7 Å². The van der Waals surface area contributed by atoms with Crippen molar-refractivity contribution in [2.75, 3.05) is 0 Å². The molecule has 6 heteroatoms. The smallest absolute Gasteiger partial charge is 0.191 e. The van der Waals surface area contributed by atoms with Gasteiger partial charge in [-0.3, -0.25) is 4.57 Å². The molecule has 0 unspecified atom stereocenters. The Hall–Kier alpha value is -2.60. The van der Waals surface area contributed by atoms with Gasteiger partial charge in [0.05, 0.1) is 0 Å². The van der Waals surface area contributed by atoms with E-state index in [0.717, 1.165) is 22.3 Å². The van der Waals surface area contributed by atoms with E-state index in [1.54, 1.807) is 12.1 Å². The zero-order chi connectivity index (χ0) is 19.9. The molecule has 0 saturated carbocycles. The summed E-state index contributed by atoms with van der Waals surface area (Å²) in [5.74, 6) is 2.40. The van der Waals surface area contributed by atoms with Gasteiger partial charge in [0.15, 0.2) is 11.0 Å². The number of allylic oxidation sites excluding steroid dienone is 1. The van der Waals surface area contributed by atoms with Crippen LogP contribution >= 0.6 is 11.8 Å². The molecule has 3 aromatic rings. The second kappa shape index (κ2) is 9.55. The summed E-state index contributed by atoms with van der Waals surface area (Å²) in [6.45, 7) is 9.05. The van der Waals surface area contributed by atoms with E-state index in [2.05, 4.69) is 42.8 Å². The zero-order valence-corrected chi connectivity index (χ0v) is 17.0. The fourth-order valence-electron chi connectivity index (χ4n) is 2.72. The summed E-state index contributed by atoms with van der Waals surface area (Å²) in [6, 6.07) is 14.7. The molecule has 0 spiro atoms. The Labute approximate surface area is 169 Å². The Kier molecular flexibility index (Phi) is 6.87. The second-order valence-electron chi connectivity index (χ2n) is 6.73. The molecular weight excluding hydrogens is 373 g/mol. The summed E-state index contributed by atoms with van der Waals surface area (Å²) >= 11 is 1.52. The Morgan fingerprint density at radius 2 is 1.96 bits per heavy atom. The average Bonchev–Trinajstić information content (AvgIpc) is 3.07. The lowest BCUT2D eigenvalue weighted by molar-refractivity contribution is 0.289. The molecule has 0 radical (unpaired) electrons. The minimum Gasteiger partial charge on any atom is -0.486 e. The van der Waals surface area contributed by atoms with Gasteiger partial charge in [-0.05, 0) is 41.3 Å². The van der Waals surface area contributed by atoms with Crippen LogP contribution < -0.4 is 4.74 Å². The summed E-state index contributed by atoms with van der Waals surface area (Å²) in [6.07, 6.45) is 1.80. The highest BCUT2D eigenvalue weighted by atomic mass is 32.2. The van der Waals surface area contributed by atoms with Gasteiger partial charge >= 0.3 is 0 Å². The Morgan fingerprint density at radius 3 is 2.64 bits per heavy atom. The van der Waals surface area contributed by atoms with E-state index in [4.69, 9.17) is 4.74 Å². The monoisotopic (exact) mass is 397 g/mol. The predicted molar refractivity (Wildman–Crippen MR) is 111 cm³/mol. The lowest BCUT2D eigenvalue weighted by Gasteiger charge is -2.10. The third kappa shape index (κ3) is 5.23. The fraction of sp³-hybridized carbons (Fsp3) is 0.273. The second-order valence-corrected chi connectivity index (χ2v) is 7.67. The highest BCUT2D eigenvalue weighted by molar-refractivity contribution is 7.98. The summed E-state index contributed by atoms with van der Waals surface area (Å²) in [7, 11) is 0. The number of ether oxygens (including phenoxy) is 1. The van der Waals surface area contributed by atoms with Crippen LogP contribution in [0.2, 0.25) is 0 Å². The van der Waals surface area contributed by atoms with Crippen molar-refractivity contribution in [2.24, 2.45) is 0 Å². The molecule has 0 aliphatic carbocycles. The first kappa shape index (κ1) is 20.1. The number of halogens is 1. The topological polar surface area (TPSA) is 39.9 Å². The molecule has 1 aromatic heterocycles. The van der Waals surface area contributed by atoms with Gasteiger partial charge in [0.2, 0.25) is 0 Å². The third-order valence-electron chi connectivity index (χ3n) is 4.28. The van der Waals surface area contributed by atoms with Crippen LogP contribution in [0, 0.1) is 5.82 Å². The van der Waals surface area contributed by atoms with Crippen molar-refractivity contribution in [3.63, 3.8) is 0 Å². The molecule has 2 aromatic carbocycles. The molecule has 0 bridgehead atoms. The van der Waals surface area contributed by atoms with Crippen LogP contribution in [-0.4, -0.2) is 14.8 Å².